The van der Waals surface area contributed by atoms with Gasteiger partial charge in [0, 0.05) is 44.5 Å². The van der Waals surface area contributed by atoms with Crippen molar-refractivity contribution in [2.45, 2.75) is 19.3 Å². The zero-order valence-electron chi connectivity index (χ0n) is 10.3. The molecule has 0 aromatic heterocycles. The molecule has 2 aliphatic carbocycles. The van der Waals surface area contributed by atoms with Crippen LogP contribution in [0.15, 0.2) is 0 Å². The molecule has 0 N–H and O–H groups in total. The number of halogens is 1. The van der Waals surface area contributed by atoms with Gasteiger partial charge in [0.2, 0.25) is 5.91 Å². The molecule has 0 aromatic carbocycles. The van der Waals surface area contributed by atoms with Gasteiger partial charge in [0.05, 0.1) is 0 Å². The lowest BCUT2D eigenvalue weighted by molar-refractivity contribution is -0.135. The van der Waals surface area contributed by atoms with Gasteiger partial charge in [-0.15, -0.1) is 11.6 Å². The highest BCUT2D eigenvalue weighted by Crippen LogP contribution is 2.58. The van der Waals surface area contributed by atoms with E-state index in [2.05, 4.69) is 9.80 Å². The summed E-state index contributed by atoms with van der Waals surface area (Å²) in [5.74, 6) is 3.06. The standard InChI is InChI=1S/C13H21ClN2O/c14-4-5-15-6-8-16(9-7-15)13(17)12-10-2-1-3-11(10)12/h10-12H,1-9H2. The third-order valence-electron chi connectivity index (χ3n) is 4.78. The molecule has 0 radical (unpaired) electrons. The fourth-order valence-corrected chi connectivity index (χ4v) is 3.95. The Morgan fingerprint density at radius 2 is 1.76 bits per heavy atom. The van der Waals surface area contributed by atoms with Crippen molar-refractivity contribution >= 4 is 17.5 Å². The van der Waals surface area contributed by atoms with Gasteiger partial charge in [-0.1, -0.05) is 6.42 Å². The van der Waals surface area contributed by atoms with E-state index in [9.17, 15) is 4.79 Å². The summed E-state index contributed by atoms with van der Waals surface area (Å²) in [6, 6.07) is 0. The van der Waals surface area contributed by atoms with Crippen molar-refractivity contribution in [2.24, 2.45) is 17.8 Å². The first kappa shape index (κ1) is 11.8. The van der Waals surface area contributed by atoms with E-state index in [-0.39, 0.29) is 0 Å². The van der Waals surface area contributed by atoms with E-state index in [1.807, 2.05) is 0 Å². The van der Waals surface area contributed by atoms with Crippen molar-refractivity contribution in [3.63, 3.8) is 0 Å². The molecule has 1 amide bonds. The van der Waals surface area contributed by atoms with Crippen LogP contribution in [0.1, 0.15) is 19.3 Å². The van der Waals surface area contributed by atoms with Crippen LogP contribution in [0.3, 0.4) is 0 Å². The molecule has 96 valence electrons. The number of nitrogens with zero attached hydrogens (tertiary/aromatic N) is 2. The molecule has 1 heterocycles. The second-order valence-electron chi connectivity index (χ2n) is 5.64. The molecule has 1 aliphatic heterocycles. The van der Waals surface area contributed by atoms with Gasteiger partial charge >= 0.3 is 0 Å². The highest BCUT2D eigenvalue weighted by atomic mass is 35.5. The number of amides is 1. The Hall–Kier alpha value is -0.280. The van der Waals surface area contributed by atoms with Gasteiger partial charge in [-0.25, -0.2) is 0 Å². The van der Waals surface area contributed by atoms with Crippen molar-refractivity contribution in [1.29, 1.82) is 0 Å². The predicted molar refractivity (Wildman–Crippen MR) is 68.1 cm³/mol. The molecule has 3 nitrogen and oxygen atoms in total. The van der Waals surface area contributed by atoms with Crippen molar-refractivity contribution in [3.05, 3.63) is 0 Å². The first-order valence-corrected chi connectivity index (χ1v) is 7.42. The van der Waals surface area contributed by atoms with Crippen LogP contribution in [-0.2, 0) is 4.79 Å². The average molecular weight is 257 g/mol. The van der Waals surface area contributed by atoms with Crippen LogP contribution < -0.4 is 0 Å². The number of carbonyl (C=O) groups is 1. The van der Waals surface area contributed by atoms with E-state index < -0.39 is 0 Å². The number of fused-ring (bicyclic) bond motifs is 1. The van der Waals surface area contributed by atoms with Gasteiger partial charge < -0.3 is 4.90 Å². The van der Waals surface area contributed by atoms with E-state index >= 15 is 0 Å². The summed E-state index contributed by atoms with van der Waals surface area (Å²) in [5, 5.41) is 0. The molecule has 0 spiro atoms. The second kappa shape index (κ2) is 4.77. The lowest BCUT2D eigenvalue weighted by Crippen LogP contribution is -2.49. The van der Waals surface area contributed by atoms with Gasteiger partial charge in [-0.2, -0.15) is 0 Å². The molecule has 2 unspecified atom stereocenters. The van der Waals surface area contributed by atoms with Crippen molar-refractivity contribution in [3.8, 4) is 0 Å². The van der Waals surface area contributed by atoms with E-state index in [1.54, 1.807) is 0 Å². The number of piperazine rings is 1. The summed E-state index contributed by atoms with van der Waals surface area (Å²) in [7, 11) is 0. The van der Waals surface area contributed by atoms with Crippen LogP contribution in [-0.4, -0.2) is 54.3 Å². The number of hydrogen-bond acceptors (Lipinski definition) is 2. The first-order chi connectivity index (χ1) is 8.31. The molecule has 3 aliphatic rings. The second-order valence-corrected chi connectivity index (χ2v) is 6.02. The van der Waals surface area contributed by atoms with E-state index in [1.165, 1.54) is 19.3 Å². The molecule has 4 heteroatoms. The number of hydrogen-bond donors (Lipinski definition) is 0. The van der Waals surface area contributed by atoms with Crippen LogP contribution in [0.2, 0.25) is 0 Å². The van der Waals surface area contributed by atoms with Crippen LogP contribution in [0.5, 0.6) is 0 Å². The normalized spacial score (nSPS) is 37.0. The molecular weight excluding hydrogens is 236 g/mol. The Morgan fingerprint density at radius 1 is 1.12 bits per heavy atom. The first-order valence-electron chi connectivity index (χ1n) is 6.88. The molecule has 3 fully saturated rings. The quantitative estimate of drug-likeness (QED) is 0.713. The molecule has 2 atom stereocenters. The van der Waals surface area contributed by atoms with Crippen LogP contribution >= 0.6 is 11.6 Å². The smallest absolute Gasteiger partial charge is 0.226 e. The van der Waals surface area contributed by atoms with Crippen LogP contribution in [0.25, 0.3) is 0 Å². The summed E-state index contributed by atoms with van der Waals surface area (Å²) < 4.78 is 0. The highest BCUT2D eigenvalue weighted by Gasteiger charge is 2.57. The van der Waals surface area contributed by atoms with Gasteiger partial charge in [0.25, 0.3) is 0 Å². The summed E-state index contributed by atoms with van der Waals surface area (Å²) >= 11 is 5.74. The topological polar surface area (TPSA) is 23.6 Å². The number of rotatable bonds is 3. The molecule has 3 rings (SSSR count). The average Bonchev–Trinajstić information content (AvgIpc) is 2.83. The van der Waals surface area contributed by atoms with Crippen molar-refractivity contribution in [2.75, 3.05) is 38.6 Å². The monoisotopic (exact) mass is 256 g/mol. The third kappa shape index (κ3) is 2.19. The van der Waals surface area contributed by atoms with Crippen molar-refractivity contribution in [1.82, 2.24) is 9.80 Å². The Balaban J connectivity index is 1.48. The SMILES string of the molecule is O=C(C1C2CCCC21)N1CCN(CCCl)CC1. The van der Waals surface area contributed by atoms with Crippen LogP contribution in [0, 0.1) is 17.8 Å². The van der Waals surface area contributed by atoms with Gasteiger partial charge in [0.15, 0.2) is 0 Å². The molecule has 0 bridgehead atoms. The van der Waals surface area contributed by atoms with Crippen LogP contribution in [0.4, 0.5) is 0 Å². The zero-order chi connectivity index (χ0) is 11.8. The predicted octanol–water partition coefficient (Wildman–Crippen LogP) is 1.42. The summed E-state index contributed by atoms with van der Waals surface area (Å²) in [6.07, 6.45) is 3.95. The highest BCUT2D eigenvalue weighted by molar-refractivity contribution is 6.18. The van der Waals surface area contributed by atoms with Crippen molar-refractivity contribution < 1.29 is 4.79 Å². The molecule has 17 heavy (non-hydrogen) atoms. The Bertz CT molecular complexity index is 292. The Labute approximate surface area is 108 Å². The maximum Gasteiger partial charge on any atom is 0.226 e. The fourth-order valence-electron chi connectivity index (χ4n) is 3.71. The lowest BCUT2D eigenvalue weighted by atomic mass is 10.1. The maximum atomic E-state index is 12.3. The Morgan fingerprint density at radius 3 is 2.35 bits per heavy atom. The summed E-state index contributed by atoms with van der Waals surface area (Å²) in [4.78, 5) is 16.8. The molecular formula is C13H21ClN2O. The minimum absolute atomic E-state index is 0.406. The third-order valence-corrected chi connectivity index (χ3v) is 4.95. The number of alkyl halides is 1. The molecule has 2 saturated carbocycles. The van der Waals surface area contributed by atoms with Gasteiger partial charge in [-0.05, 0) is 24.7 Å². The molecule has 1 saturated heterocycles. The fraction of sp³-hybridized carbons (Fsp3) is 0.923. The summed E-state index contributed by atoms with van der Waals surface area (Å²) in [6.45, 7) is 4.77. The lowest BCUT2D eigenvalue weighted by Gasteiger charge is -2.34. The van der Waals surface area contributed by atoms with E-state index in [0.717, 1.165) is 44.6 Å². The minimum atomic E-state index is 0.406. The minimum Gasteiger partial charge on any atom is -0.340 e. The zero-order valence-corrected chi connectivity index (χ0v) is 11.0. The van der Waals surface area contributed by atoms with E-state index in [4.69, 9.17) is 11.6 Å². The largest absolute Gasteiger partial charge is 0.340 e. The maximum absolute atomic E-state index is 12.3. The van der Waals surface area contributed by atoms with Gasteiger partial charge in [-0.3, -0.25) is 9.69 Å². The summed E-state index contributed by atoms with van der Waals surface area (Å²) in [5.41, 5.74) is 0. The number of carbonyl (C=O) groups excluding carboxylic acids is 1. The Kier molecular flexibility index (Phi) is 3.31. The molecule has 0 aromatic rings. The van der Waals surface area contributed by atoms with E-state index in [0.29, 0.717) is 17.7 Å². The van der Waals surface area contributed by atoms with Gasteiger partial charge in [0.1, 0.15) is 0 Å².